The van der Waals surface area contributed by atoms with Gasteiger partial charge in [-0.05, 0) is 25.2 Å². The topological polar surface area (TPSA) is 69.6 Å². The summed E-state index contributed by atoms with van der Waals surface area (Å²) in [5.74, 6) is -0.756. The number of nitrogens with zero attached hydrogens (tertiary/aromatic N) is 1. The summed E-state index contributed by atoms with van der Waals surface area (Å²) in [5, 5.41) is 9.19. The lowest BCUT2D eigenvalue weighted by Gasteiger charge is -2.25. The first-order valence-corrected chi connectivity index (χ1v) is 7.62. The Morgan fingerprint density at radius 1 is 1.50 bits per heavy atom. The van der Waals surface area contributed by atoms with Crippen LogP contribution in [0.4, 0.5) is 14.5 Å². The van der Waals surface area contributed by atoms with Crippen molar-refractivity contribution >= 4 is 15.7 Å². The van der Waals surface area contributed by atoms with Crippen LogP contribution in [0.25, 0.3) is 0 Å². The molecule has 0 aromatic heterocycles. The SMILES string of the molecule is CNS(=O)(=O)c1ccc(N2C[C@@H](F)C[C@H]2CO)c(F)c1. The van der Waals surface area contributed by atoms with Crippen LogP contribution in [-0.4, -0.2) is 45.9 Å². The second-order valence-corrected chi connectivity index (χ2v) is 6.53. The maximum absolute atomic E-state index is 14.1. The van der Waals surface area contributed by atoms with E-state index in [0.717, 1.165) is 6.07 Å². The molecule has 1 aliphatic rings. The Kier molecular flexibility index (Phi) is 4.26. The summed E-state index contributed by atoms with van der Waals surface area (Å²) >= 11 is 0. The first-order valence-electron chi connectivity index (χ1n) is 6.13. The zero-order chi connectivity index (χ0) is 14.9. The van der Waals surface area contributed by atoms with Crippen LogP contribution in [0, 0.1) is 5.82 Å². The van der Waals surface area contributed by atoms with Crippen LogP contribution in [0.1, 0.15) is 6.42 Å². The number of sulfonamides is 1. The zero-order valence-corrected chi connectivity index (χ0v) is 11.7. The van der Waals surface area contributed by atoms with Gasteiger partial charge in [-0.25, -0.2) is 21.9 Å². The van der Waals surface area contributed by atoms with Gasteiger partial charge in [0.2, 0.25) is 10.0 Å². The van der Waals surface area contributed by atoms with E-state index in [4.69, 9.17) is 0 Å². The lowest BCUT2D eigenvalue weighted by molar-refractivity contribution is 0.255. The van der Waals surface area contributed by atoms with Crippen molar-refractivity contribution < 1.29 is 22.3 Å². The van der Waals surface area contributed by atoms with Crippen LogP contribution < -0.4 is 9.62 Å². The fourth-order valence-corrected chi connectivity index (χ4v) is 3.07. The Bertz CT molecular complexity index is 594. The molecule has 1 aliphatic heterocycles. The van der Waals surface area contributed by atoms with E-state index in [9.17, 15) is 22.3 Å². The van der Waals surface area contributed by atoms with Gasteiger partial charge < -0.3 is 10.0 Å². The normalized spacial score (nSPS) is 23.3. The van der Waals surface area contributed by atoms with Gasteiger partial charge in [0.05, 0.1) is 23.2 Å². The smallest absolute Gasteiger partial charge is 0.240 e. The maximum atomic E-state index is 14.1. The van der Waals surface area contributed by atoms with Crippen molar-refractivity contribution in [2.75, 3.05) is 25.1 Å². The van der Waals surface area contributed by atoms with Crippen molar-refractivity contribution in [1.29, 1.82) is 0 Å². The Morgan fingerprint density at radius 3 is 2.75 bits per heavy atom. The van der Waals surface area contributed by atoms with Crippen LogP contribution in [0.2, 0.25) is 0 Å². The first kappa shape index (κ1) is 15.1. The predicted octanol–water partition coefficient (Wildman–Crippen LogP) is 0.643. The minimum atomic E-state index is -3.72. The van der Waals surface area contributed by atoms with E-state index in [1.165, 1.54) is 24.1 Å². The predicted molar refractivity (Wildman–Crippen MR) is 70.4 cm³/mol. The molecule has 112 valence electrons. The molecule has 1 aromatic rings. The molecule has 5 nitrogen and oxygen atoms in total. The minimum absolute atomic E-state index is 0.0136. The minimum Gasteiger partial charge on any atom is -0.394 e. The van der Waals surface area contributed by atoms with E-state index < -0.39 is 28.1 Å². The molecule has 20 heavy (non-hydrogen) atoms. The van der Waals surface area contributed by atoms with Crippen LogP contribution in [0.3, 0.4) is 0 Å². The summed E-state index contributed by atoms with van der Waals surface area (Å²) in [5.41, 5.74) is 0.0965. The lowest BCUT2D eigenvalue weighted by atomic mass is 10.2. The monoisotopic (exact) mass is 306 g/mol. The molecule has 0 spiro atoms. The third-order valence-electron chi connectivity index (χ3n) is 3.38. The zero-order valence-electron chi connectivity index (χ0n) is 10.9. The summed E-state index contributed by atoms with van der Waals surface area (Å²) in [6.07, 6.45) is -1.00. The van der Waals surface area contributed by atoms with E-state index in [0.29, 0.717) is 0 Å². The fraction of sp³-hybridized carbons (Fsp3) is 0.500. The molecule has 2 rings (SSSR count). The second-order valence-electron chi connectivity index (χ2n) is 4.64. The average molecular weight is 306 g/mol. The molecule has 0 unspecified atom stereocenters. The van der Waals surface area contributed by atoms with Gasteiger partial charge >= 0.3 is 0 Å². The van der Waals surface area contributed by atoms with Crippen molar-refractivity contribution in [3.63, 3.8) is 0 Å². The summed E-state index contributed by atoms with van der Waals surface area (Å²) < 4.78 is 52.7. The molecule has 2 N–H and O–H groups in total. The van der Waals surface area contributed by atoms with Gasteiger partial charge in [0.25, 0.3) is 0 Å². The molecule has 0 radical (unpaired) electrons. The maximum Gasteiger partial charge on any atom is 0.240 e. The highest BCUT2D eigenvalue weighted by Crippen LogP contribution is 2.30. The van der Waals surface area contributed by atoms with E-state index in [1.54, 1.807) is 0 Å². The van der Waals surface area contributed by atoms with Crippen molar-refractivity contribution in [3.8, 4) is 0 Å². The molecule has 1 fully saturated rings. The van der Waals surface area contributed by atoms with Gasteiger partial charge in [-0.1, -0.05) is 0 Å². The van der Waals surface area contributed by atoms with Gasteiger partial charge in [0, 0.05) is 13.0 Å². The largest absolute Gasteiger partial charge is 0.394 e. The highest BCUT2D eigenvalue weighted by molar-refractivity contribution is 7.89. The molecule has 0 bridgehead atoms. The number of aliphatic hydroxyl groups excluding tert-OH is 1. The molecule has 8 heteroatoms. The third kappa shape index (κ3) is 2.77. The molecule has 0 amide bonds. The van der Waals surface area contributed by atoms with Crippen LogP contribution in [0.15, 0.2) is 23.1 Å². The Hall–Kier alpha value is -1.25. The molecular formula is C12H16F2N2O3S. The molecular weight excluding hydrogens is 290 g/mol. The van der Waals surface area contributed by atoms with Crippen molar-refractivity contribution in [3.05, 3.63) is 24.0 Å². The lowest BCUT2D eigenvalue weighted by Crippen LogP contribution is -2.33. The molecule has 1 heterocycles. The fourth-order valence-electron chi connectivity index (χ4n) is 2.33. The number of anilines is 1. The first-order chi connectivity index (χ1) is 9.39. The van der Waals surface area contributed by atoms with E-state index in [1.807, 2.05) is 0 Å². The third-order valence-corrected chi connectivity index (χ3v) is 4.79. The number of alkyl halides is 1. The van der Waals surface area contributed by atoms with Crippen molar-refractivity contribution in [2.45, 2.75) is 23.5 Å². The number of hydrogen-bond donors (Lipinski definition) is 2. The molecule has 0 saturated carbocycles. The number of halogens is 2. The standard InChI is InChI=1S/C12H16F2N2O3S/c1-15-20(18,19)10-2-3-12(11(14)5-10)16-6-8(13)4-9(16)7-17/h2-3,5,8-9,15,17H,4,6-7H2,1H3/t8-,9-/m0/s1. The second kappa shape index (κ2) is 5.63. The van der Waals surface area contributed by atoms with Crippen molar-refractivity contribution in [1.82, 2.24) is 4.72 Å². The average Bonchev–Trinajstić information content (AvgIpc) is 2.79. The van der Waals surface area contributed by atoms with Gasteiger partial charge in [-0.3, -0.25) is 0 Å². The number of nitrogens with one attached hydrogen (secondary N) is 1. The van der Waals surface area contributed by atoms with Crippen LogP contribution in [-0.2, 0) is 10.0 Å². The van der Waals surface area contributed by atoms with Crippen molar-refractivity contribution in [2.24, 2.45) is 0 Å². The number of benzene rings is 1. The van der Waals surface area contributed by atoms with Gasteiger partial charge in [0.1, 0.15) is 12.0 Å². The van der Waals surface area contributed by atoms with Gasteiger partial charge in [-0.15, -0.1) is 0 Å². The Balaban J connectivity index is 2.35. The summed E-state index contributed by atoms with van der Waals surface area (Å²) in [7, 11) is -2.49. The number of aliphatic hydroxyl groups is 1. The van der Waals surface area contributed by atoms with E-state index >= 15 is 0 Å². The summed E-state index contributed by atoms with van der Waals surface area (Å²) in [6.45, 7) is -0.295. The Morgan fingerprint density at radius 2 is 2.20 bits per heavy atom. The summed E-state index contributed by atoms with van der Waals surface area (Å²) in [6, 6.07) is 2.94. The summed E-state index contributed by atoms with van der Waals surface area (Å²) in [4.78, 5) is 1.23. The van der Waals surface area contributed by atoms with E-state index in [2.05, 4.69) is 4.72 Å². The highest BCUT2D eigenvalue weighted by atomic mass is 32.2. The highest BCUT2D eigenvalue weighted by Gasteiger charge is 2.33. The quantitative estimate of drug-likeness (QED) is 0.857. The van der Waals surface area contributed by atoms with Gasteiger partial charge in [-0.2, -0.15) is 0 Å². The molecule has 1 saturated heterocycles. The van der Waals surface area contributed by atoms with Crippen LogP contribution >= 0.6 is 0 Å². The molecule has 0 aliphatic carbocycles. The Labute approximate surface area is 116 Å². The molecule has 1 aromatic carbocycles. The van der Waals surface area contributed by atoms with E-state index in [-0.39, 0.29) is 30.2 Å². The van der Waals surface area contributed by atoms with Crippen LogP contribution in [0.5, 0.6) is 0 Å². The number of hydrogen-bond acceptors (Lipinski definition) is 4. The molecule has 2 atom stereocenters. The van der Waals surface area contributed by atoms with Gasteiger partial charge in [0.15, 0.2) is 0 Å². The number of rotatable bonds is 4.